The first kappa shape index (κ1) is 19.3. The molecule has 2 amide bonds. The topological polar surface area (TPSA) is 35.6 Å². The van der Waals surface area contributed by atoms with Crippen LogP contribution in [-0.4, -0.2) is 49.1 Å². The molecule has 25 heavy (non-hydrogen) atoms. The van der Waals surface area contributed by atoms with Crippen LogP contribution in [0.2, 0.25) is 0 Å². The molecule has 0 radical (unpaired) electrons. The molecule has 138 valence electrons. The predicted octanol–water partition coefficient (Wildman–Crippen LogP) is 3.35. The van der Waals surface area contributed by atoms with Crippen LogP contribution in [0, 0.1) is 5.92 Å². The number of carbonyl (C=O) groups is 1. The molecule has 1 fully saturated rings. The third kappa shape index (κ3) is 5.77. The predicted molar refractivity (Wildman–Crippen MR) is 91.1 cm³/mol. The van der Waals surface area contributed by atoms with Crippen LogP contribution in [0.3, 0.4) is 0 Å². The lowest BCUT2D eigenvalue weighted by Gasteiger charge is -2.20. The maximum atomic E-state index is 12.7. The van der Waals surface area contributed by atoms with Crippen LogP contribution in [0.5, 0.6) is 0 Å². The number of hydrogen-bond donors (Lipinski definition) is 1. The number of urea groups is 1. The number of nitrogens with one attached hydrogen (secondary N) is 1. The monoisotopic (exact) mass is 355 g/mol. The molecule has 0 aromatic heterocycles. The van der Waals surface area contributed by atoms with Gasteiger partial charge in [-0.25, -0.2) is 4.79 Å². The molecule has 0 bridgehead atoms. The summed E-state index contributed by atoms with van der Waals surface area (Å²) in [6.07, 6.45) is -1.49. The van der Waals surface area contributed by atoms with E-state index in [-0.39, 0.29) is 12.6 Å². The number of benzene rings is 1. The van der Waals surface area contributed by atoms with E-state index in [0.717, 1.165) is 38.2 Å². The van der Waals surface area contributed by atoms with Gasteiger partial charge in [0.2, 0.25) is 0 Å². The van der Waals surface area contributed by atoms with Crippen molar-refractivity contribution in [1.82, 2.24) is 15.1 Å². The molecule has 2 rings (SSSR count). The third-order valence-corrected chi connectivity index (χ3v) is 4.32. The van der Waals surface area contributed by atoms with Gasteiger partial charge in [-0.2, -0.15) is 13.2 Å². The average Bonchev–Trinajstić information content (AvgIpc) is 3.00. The van der Waals surface area contributed by atoms with E-state index in [4.69, 9.17) is 0 Å². The van der Waals surface area contributed by atoms with Crippen molar-refractivity contribution in [2.45, 2.75) is 19.1 Å². The van der Waals surface area contributed by atoms with Crippen molar-refractivity contribution in [3.63, 3.8) is 0 Å². The van der Waals surface area contributed by atoms with E-state index in [1.165, 1.54) is 11.0 Å². The Morgan fingerprint density at radius 1 is 1.48 bits per heavy atom. The summed E-state index contributed by atoms with van der Waals surface area (Å²) < 4.78 is 38.2. The smallest absolute Gasteiger partial charge is 0.338 e. The summed E-state index contributed by atoms with van der Waals surface area (Å²) in [4.78, 5) is 15.8. The van der Waals surface area contributed by atoms with Crippen LogP contribution < -0.4 is 5.32 Å². The second-order valence-corrected chi connectivity index (χ2v) is 6.44. The number of nitrogens with zero attached hydrogens (tertiary/aromatic N) is 2. The average molecular weight is 355 g/mol. The zero-order chi connectivity index (χ0) is 18.4. The van der Waals surface area contributed by atoms with Gasteiger partial charge < -0.3 is 10.2 Å². The van der Waals surface area contributed by atoms with E-state index < -0.39 is 11.7 Å². The molecule has 1 aliphatic heterocycles. The molecule has 1 heterocycles. The fraction of sp³-hybridized carbons (Fsp3) is 0.500. The van der Waals surface area contributed by atoms with Crippen LogP contribution in [0.4, 0.5) is 18.0 Å². The van der Waals surface area contributed by atoms with E-state index in [1.54, 1.807) is 13.1 Å². The minimum atomic E-state index is -4.38. The van der Waals surface area contributed by atoms with Gasteiger partial charge >= 0.3 is 12.2 Å². The molecule has 0 aliphatic carbocycles. The lowest BCUT2D eigenvalue weighted by atomic mass is 10.1. The molecule has 0 saturated carbocycles. The summed E-state index contributed by atoms with van der Waals surface area (Å²) >= 11 is 0. The SMILES string of the molecule is C=CCN1CC[C@H](CNC(=O)N(C)Cc2cccc(C(F)(F)F)c2)C1. The first-order chi connectivity index (χ1) is 11.8. The highest BCUT2D eigenvalue weighted by atomic mass is 19.4. The number of alkyl halides is 3. The molecule has 1 saturated heterocycles. The summed E-state index contributed by atoms with van der Waals surface area (Å²) in [6, 6.07) is 4.77. The number of likely N-dealkylation sites (tertiary alicyclic amines) is 1. The van der Waals surface area contributed by atoms with Crippen molar-refractivity contribution < 1.29 is 18.0 Å². The van der Waals surface area contributed by atoms with Crippen molar-refractivity contribution in [2.24, 2.45) is 5.92 Å². The molecule has 1 atom stereocenters. The quantitative estimate of drug-likeness (QED) is 0.795. The molecular formula is C18H24F3N3O. The van der Waals surface area contributed by atoms with E-state index in [1.807, 2.05) is 6.08 Å². The van der Waals surface area contributed by atoms with Gasteiger partial charge in [0.15, 0.2) is 0 Å². The first-order valence-corrected chi connectivity index (χ1v) is 8.28. The molecule has 1 aromatic carbocycles. The fourth-order valence-corrected chi connectivity index (χ4v) is 2.99. The Bertz CT molecular complexity index is 603. The van der Waals surface area contributed by atoms with Crippen molar-refractivity contribution >= 4 is 6.03 Å². The zero-order valence-electron chi connectivity index (χ0n) is 14.4. The molecular weight excluding hydrogens is 331 g/mol. The molecule has 1 aromatic rings. The van der Waals surface area contributed by atoms with Crippen LogP contribution in [-0.2, 0) is 12.7 Å². The molecule has 0 spiro atoms. The molecule has 4 nitrogen and oxygen atoms in total. The minimum Gasteiger partial charge on any atom is -0.338 e. The first-order valence-electron chi connectivity index (χ1n) is 8.28. The number of halogens is 3. The Hall–Kier alpha value is -2.02. The lowest BCUT2D eigenvalue weighted by molar-refractivity contribution is -0.137. The Kier molecular flexibility index (Phi) is 6.47. The number of hydrogen-bond acceptors (Lipinski definition) is 2. The highest BCUT2D eigenvalue weighted by molar-refractivity contribution is 5.73. The second-order valence-electron chi connectivity index (χ2n) is 6.44. The van der Waals surface area contributed by atoms with E-state index >= 15 is 0 Å². The summed E-state index contributed by atoms with van der Waals surface area (Å²) in [5.41, 5.74) is -0.252. The Labute approximate surface area is 146 Å². The van der Waals surface area contributed by atoms with Gasteiger partial charge in [0, 0.05) is 33.2 Å². The van der Waals surface area contributed by atoms with E-state index in [0.29, 0.717) is 18.0 Å². The minimum absolute atomic E-state index is 0.128. The lowest BCUT2D eigenvalue weighted by Crippen LogP contribution is -2.39. The Morgan fingerprint density at radius 3 is 2.92 bits per heavy atom. The summed E-state index contributed by atoms with van der Waals surface area (Å²) in [5.74, 6) is 0.394. The van der Waals surface area contributed by atoms with Gasteiger partial charge in [-0.05, 0) is 36.6 Å². The molecule has 0 unspecified atom stereocenters. The van der Waals surface area contributed by atoms with Gasteiger partial charge in [0.1, 0.15) is 0 Å². The van der Waals surface area contributed by atoms with Gasteiger partial charge in [-0.15, -0.1) is 6.58 Å². The van der Waals surface area contributed by atoms with Crippen molar-refractivity contribution in [2.75, 3.05) is 33.2 Å². The van der Waals surface area contributed by atoms with Gasteiger partial charge in [-0.3, -0.25) is 4.90 Å². The second kappa shape index (κ2) is 8.38. The largest absolute Gasteiger partial charge is 0.416 e. The summed E-state index contributed by atoms with van der Waals surface area (Å²) in [6.45, 7) is 7.18. The van der Waals surface area contributed by atoms with E-state index in [2.05, 4.69) is 16.8 Å². The summed E-state index contributed by atoms with van der Waals surface area (Å²) in [7, 11) is 1.58. The molecule has 7 heteroatoms. The summed E-state index contributed by atoms with van der Waals surface area (Å²) in [5, 5.41) is 2.86. The van der Waals surface area contributed by atoms with Gasteiger partial charge in [0.05, 0.1) is 5.56 Å². The van der Waals surface area contributed by atoms with Crippen LogP contribution in [0.15, 0.2) is 36.9 Å². The van der Waals surface area contributed by atoms with Crippen LogP contribution in [0.25, 0.3) is 0 Å². The van der Waals surface area contributed by atoms with Crippen LogP contribution in [0.1, 0.15) is 17.5 Å². The van der Waals surface area contributed by atoms with Crippen molar-refractivity contribution in [3.8, 4) is 0 Å². The van der Waals surface area contributed by atoms with Gasteiger partial charge in [-0.1, -0.05) is 18.2 Å². The Balaban J connectivity index is 1.82. The number of carbonyl (C=O) groups excluding carboxylic acids is 1. The standard InChI is InChI=1S/C18H24F3N3O/c1-3-8-24-9-7-15(13-24)11-22-17(25)23(2)12-14-5-4-6-16(10-14)18(19,20)21/h3-6,10,15H,1,7-9,11-13H2,2H3,(H,22,25)/t15-/m1/s1. The van der Waals surface area contributed by atoms with E-state index in [9.17, 15) is 18.0 Å². The van der Waals surface area contributed by atoms with Gasteiger partial charge in [0.25, 0.3) is 0 Å². The normalized spacial score (nSPS) is 18.2. The molecule has 1 N–H and O–H groups in total. The number of amides is 2. The van der Waals surface area contributed by atoms with Crippen molar-refractivity contribution in [1.29, 1.82) is 0 Å². The maximum absolute atomic E-state index is 12.7. The number of rotatable bonds is 6. The molecule has 1 aliphatic rings. The maximum Gasteiger partial charge on any atom is 0.416 e. The van der Waals surface area contributed by atoms with Crippen molar-refractivity contribution in [3.05, 3.63) is 48.0 Å². The fourth-order valence-electron chi connectivity index (χ4n) is 2.99. The third-order valence-electron chi connectivity index (χ3n) is 4.32. The highest BCUT2D eigenvalue weighted by Gasteiger charge is 2.30. The zero-order valence-corrected chi connectivity index (χ0v) is 14.4. The Morgan fingerprint density at radius 2 is 2.24 bits per heavy atom. The highest BCUT2D eigenvalue weighted by Crippen LogP contribution is 2.29. The van der Waals surface area contributed by atoms with Crippen LogP contribution >= 0.6 is 0 Å².